The largest absolute Gasteiger partial charge is 0.469 e. The van der Waals surface area contributed by atoms with Crippen LogP contribution in [0.25, 0.3) is 0 Å². The molecule has 0 bridgehead atoms. The fraction of sp³-hybridized carbons (Fsp3) is 0.312. The van der Waals surface area contributed by atoms with E-state index in [-0.39, 0.29) is 5.78 Å². The first-order chi connectivity index (χ1) is 9.15. The highest BCUT2D eigenvalue weighted by atomic mass is 16.3. The molecule has 1 N–H and O–H groups in total. The second kappa shape index (κ2) is 6.23. The molecule has 0 aliphatic heterocycles. The van der Waals surface area contributed by atoms with Gasteiger partial charge in [-0.05, 0) is 56.7 Å². The Kier molecular flexibility index (Phi) is 4.39. The summed E-state index contributed by atoms with van der Waals surface area (Å²) in [5.74, 6) is 1.11. The van der Waals surface area contributed by atoms with Crippen molar-refractivity contribution in [2.24, 2.45) is 0 Å². The molecule has 3 heteroatoms. The third-order valence-corrected chi connectivity index (χ3v) is 3.11. The molecule has 0 amide bonds. The number of carbonyl (C=O) groups excluding carboxylic acids is 1. The van der Waals surface area contributed by atoms with Crippen LogP contribution < -0.4 is 5.32 Å². The van der Waals surface area contributed by atoms with Crippen LogP contribution in [-0.4, -0.2) is 11.8 Å². The van der Waals surface area contributed by atoms with E-state index in [1.165, 1.54) is 0 Å². The molecule has 2 rings (SSSR count). The Morgan fingerprint density at radius 3 is 2.58 bits per heavy atom. The lowest BCUT2D eigenvalue weighted by Crippen LogP contribution is -2.15. The molecule has 1 atom stereocenters. The van der Waals surface area contributed by atoms with Crippen LogP contribution in [0.15, 0.2) is 47.1 Å². The number of aryl methyl sites for hydroxylation is 1. The average molecular weight is 257 g/mol. The standard InChI is InChI=1S/C16H19NO2/c1-12(5-10-16-4-3-11-19-16)17-15-8-6-14(7-9-15)13(2)18/h3-4,6-9,11-12,17H,5,10H2,1-2H3. The fourth-order valence-electron chi connectivity index (χ4n) is 1.97. The molecule has 100 valence electrons. The molecule has 0 aliphatic rings. The SMILES string of the molecule is CC(=O)c1ccc(NC(C)CCc2ccco2)cc1. The topological polar surface area (TPSA) is 42.2 Å². The number of carbonyl (C=O) groups is 1. The maximum atomic E-state index is 11.2. The number of Topliss-reactive ketones (excluding diaryl/α,β-unsaturated/α-hetero) is 1. The predicted octanol–water partition coefficient (Wildman–Crippen LogP) is 3.92. The lowest BCUT2D eigenvalue weighted by molar-refractivity contribution is 0.101. The van der Waals surface area contributed by atoms with Crippen molar-refractivity contribution < 1.29 is 9.21 Å². The molecule has 0 saturated heterocycles. The molecule has 0 spiro atoms. The zero-order valence-corrected chi connectivity index (χ0v) is 11.3. The van der Waals surface area contributed by atoms with Gasteiger partial charge in [0.05, 0.1) is 6.26 Å². The quantitative estimate of drug-likeness (QED) is 0.798. The van der Waals surface area contributed by atoms with Crippen molar-refractivity contribution in [2.75, 3.05) is 5.32 Å². The summed E-state index contributed by atoms with van der Waals surface area (Å²) >= 11 is 0. The van der Waals surface area contributed by atoms with Crippen molar-refractivity contribution in [2.45, 2.75) is 32.7 Å². The molecule has 1 unspecified atom stereocenters. The highest BCUT2D eigenvalue weighted by Gasteiger charge is 2.05. The summed E-state index contributed by atoms with van der Waals surface area (Å²) in [5, 5.41) is 3.42. The van der Waals surface area contributed by atoms with E-state index < -0.39 is 0 Å². The zero-order chi connectivity index (χ0) is 13.7. The van der Waals surface area contributed by atoms with Gasteiger partial charge < -0.3 is 9.73 Å². The number of furan rings is 1. The van der Waals surface area contributed by atoms with Gasteiger partial charge in [-0.1, -0.05) is 0 Å². The lowest BCUT2D eigenvalue weighted by atomic mass is 10.1. The Balaban J connectivity index is 1.84. The maximum absolute atomic E-state index is 11.2. The van der Waals surface area contributed by atoms with Crippen molar-refractivity contribution in [3.05, 3.63) is 54.0 Å². The highest BCUT2D eigenvalue weighted by Crippen LogP contribution is 2.13. The predicted molar refractivity (Wildman–Crippen MR) is 76.6 cm³/mol. The van der Waals surface area contributed by atoms with E-state index in [1.54, 1.807) is 13.2 Å². The van der Waals surface area contributed by atoms with Gasteiger partial charge in [-0.2, -0.15) is 0 Å². The highest BCUT2D eigenvalue weighted by molar-refractivity contribution is 5.94. The smallest absolute Gasteiger partial charge is 0.159 e. The lowest BCUT2D eigenvalue weighted by Gasteiger charge is -2.14. The van der Waals surface area contributed by atoms with Crippen molar-refractivity contribution in [1.82, 2.24) is 0 Å². The molecule has 0 fully saturated rings. The van der Waals surface area contributed by atoms with E-state index in [4.69, 9.17) is 4.42 Å². The first-order valence-electron chi connectivity index (χ1n) is 6.55. The van der Waals surface area contributed by atoms with E-state index in [0.29, 0.717) is 6.04 Å². The van der Waals surface area contributed by atoms with E-state index in [1.807, 2.05) is 36.4 Å². The Hall–Kier alpha value is -2.03. The summed E-state index contributed by atoms with van der Waals surface area (Å²) in [6, 6.07) is 11.9. The van der Waals surface area contributed by atoms with Gasteiger partial charge in [-0.25, -0.2) is 0 Å². The summed E-state index contributed by atoms with van der Waals surface area (Å²) in [6.07, 6.45) is 3.63. The van der Waals surface area contributed by atoms with E-state index in [9.17, 15) is 4.79 Å². The van der Waals surface area contributed by atoms with Crippen molar-refractivity contribution in [3.63, 3.8) is 0 Å². The molecule has 3 nitrogen and oxygen atoms in total. The minimum atomic E-state index is 0.0948. The number of hydrogen-bond donors (Lipinski definition) is 1. The first kappa shape index (κ1) is 13.4. The maximum Gasteiger partial charge on any atom is 0.159 e. The Morgan fingerprint density at radius 1 is 1.26 bits per heavy atom. The Labute approximate surface area is 113 Å². The van der Waals surface area contributed by atoms with Gasteiger partial charge in [0.15, 0.2) is 5.78 Å². The van der Waals surface area contributed by atoms with E-state index >= 15 is 0 Å². The second-order valence-electron chi connectivity index (χ2n) is 4.80. The van der Waals surface area contributed by atoms with Gasteiger partial charge in [-0.3, -0.25) is 4.79 Å². The van der Waals surface area contributed by atoms with Crippen LogP contribution in [0.5, 0.6) is 0 Å². The number of benzene rings is 1. The van der Waals surface area contributed by atoms with Gasteiger partial charge in [0, 0.05) is 23.7 Å². The van der Waals surface area contributed by atoms with Crippen LogP contribution >= 0.6 is 0 Å². The first-order valence-corrected chi connectivity index (χ1v) is 6.55. The van der Waals surface area contributed by atoms with E-state index in [0.717, 1.165) is 29.9 Å². The van der Waals surface area contributed by atoms with Crippen LogP contribution in [0.2, 0.25) is 0 Å². The summed E-state index contributed by atoms with van der Waals surface area (Å²) in [5.41, 5.74) is 1.78. The van der Waals surface area contributed by atoms with Crippen molar-refractivity contribution >= 4 is 11.5 Å². The van der Waals surface area contributed by atoms with Crippen molar-refractivity contribution in [1.29, 1.82) is 0 Å². The Morgan fingerprint density at radius 2 is 2.00 bits per heavy atom. The minimum absolute atomic E-state index is 0.0948. The van der Waals surface area contributed by atoms with Gasteiger partial charge in [0.25, 0.3) is 0 Å². The third-order valence-electron chi connectivity index (χ3n) is 3.11. The van der Waals surface area contributed by atoms with Crippen LogP contribution in [0, 0.1) is 0 Å². The molecule has 1 heterocycles. The minimum Gasteiger partial charge on any atom is -0.469 e. The summed E-state index contributed by atoms with van der Waals surface area (Å²) < 4.78 is 5.31. The van der Waals surface area contributed by atoms with Gasteiger partial charge >= 0.3 is 0 Å². The van der Waals surface area contributed by atoms with Crippen LogP contribution in [0.3, 0.4) is 0 Å². The summed E-state index contributed by atoms with van der Waals surface area (Å²) in [7, 11) is 0. The average Bonchev–Trinajstić information content (AvgIpc) is 2.90. The van der Waals surface area contributed by atoms with E-state index in [2.05, 4.69) is 12.2 Å². The van der Waals surface area contributed by atoms with Gasteiger partial charge in [-0.15, -0.1) is 0 Å². The number of anilines is 1. The molecule has 0 radical (unpaired) electrons. The summed E-state index contributed by atoms with van der Waals surface area (Å²) in [4.78, 5) is 11.2. The van der Waals surface area contributed by atoms with Crippen molar-refractivity contribution in [3.8, 4) is 0 Å². The van der Waals surface area contributed by atoms with Gasteiger partial charge in [0.2, 0.25) is 0 Å². The number of hydrogen-bond acceptors (Lipinski definition) is 3. The molecule has 1 aromatic heterocycles. The number of ketones is 1. The zero-order valence-electron chi connectivity index (χ0n) is 11.3. The Bertz CT molecular complexity index is 514. The normalized spacial score (nSPS) is 12.1. The molecule has 1 aromatic carbocycles. The molecular weight excluding hydrogens is 238 g/mol. The fourth-order valence-corrected chi connectivity index (χ4v) is 1.97. The van der Waals surface area contributed by atoms with Crippen LogP contribution in [0.4, 0.5) is 5.69 Å². The number of nitrogens with one attached hydrogen (secondary N) is 1. The van der Waals surface area contributed by atoms with Gasteiger partial charge in [0.1, 0.15) is 5.76 Å². The van der Waals surface area contributed by atoms with Crippen LogP contribution in [0.1, 0.15) is 36.4 Å². The third kappa shape index (κ3) is 3.98. The summed E-state index contributed by atoms with van der Waals surface area (Å²) in [6.45, 7) is 3.72. The molecular formula is C16H19NO2. The van der Waals surface area contributed by atoms with Crippen LogP contribution in [-0.2, 0) is 6.42 Å². The molecule has 2 aromatic rings. The molecule has 0 aliphatic carbocycles. The second-order valence-corrected chi connectivity index (χ2v) is 4.80. The molecule has 0 saturated carbocycles. The molecule has 19 heavy (non-hydrogen) atoms. The number of rotatable bonds is 6. The monoisotopic (exact) mass is 257 g/mol.